The number of aryl methyl sites for hydroxylation is 1. The molecule has 0 aliphatic carbocycles. The van der Waals surface area contributed by atoms with Crippen LogP contribution in [0.4, 0.5) is 4.39 Å². The van der Waals surface area contributed by atoms with Crippen molar-refractivity contribution in [2.24, 2.45) is 0 Å². The number of hydrogen-bond donors (Lipinski definition) is 0. The first kappa shape index (κ1) is 12.6. The molecule has 0 bridgehead atoms. The highest BCUT2D eigenvalue weighted by molar-refractivity contribution is 5.81. The lowest BCUT2D eigenvalue weighted by Gasteiger charge is -2.10. The molecule has 2 nitrogen and oxygen atoms in total. The largest absolute Gasteiger partial charge is 0.489 e. The fourth-order valence-electron chi connectivity index (χ4n) is 2.21. The van der Waals surface area contributed by atoms with Crippen LogP contribution in [0, 0.1) is 12.7 Å². The molecule has 0 aliphatic rings. The van der Waals surface area contributed by atoms with Crippen LogP contribution in [0.1, 0.15) is 11.1 Å². The van der Waals surface area contributed by atoms with Crippen LogP contribution in [0.3, 0.4) is 0 Å². The number of rotatable bonds is 3. The molecule has 0 saturated carbocycles. The molecule has 0 N–H and O–H groups in total. The smallest absolute Gasteiger partial charge is 0.123 e. The molecule has 0 radical (unpaired) electrons. The summed E-state index contributed by atoms with van der Waals surface area (Å²) in [5.41, 5.74) is 2.75. The number of para-hydroxylation sites is 1. The molecule has 0 saturated heterocycles. The monoisotopic (exact) mass is 267 g/mol. The maximum atomic E-state index is 13.1. The Balaban J connectivity index is 1.87. The molecule has 0 atom stereocenters. The average molecular weight is 267 g/mol. The molecule has 0 unspecified atom stereocenters. The van der Waals surface area contributed by atoms with Crippen LogP contribution < -0.4 is 4.74 Å². The fraction of sp³-hybridized carbons (Fsp3) is 0.118. The van der Waals surface area contributed by atoms with Crippen molar-refractivity contribution in [3.05, 3.63) is 71.7 Å². The van der Waals surface area contributed by atoms with E-state index in [1.165, 1.54) is 12.1 Å². The van der Waals surface area contributed by atoms with Gasteiger partial charge < -0.3 is 4.74 Å². The van der Waals surface area contributed by atoms with Crippen LogP contribution in [0.15, 0.2) is 54.7 Å². The van der Waals surface area contributed by atoms with Crippen molar-refractivity contribution in [3.8, 4) is 5.75 Å². The predicted octanol–water partition coefficient (Wildman–Crippen LogP) is 4.26. The Labute approximate surface area is 116 Å². The summed E-state index contributed by atoms with van der Waals surface area (Å²) >= 11 is 0. The van der Waals surface area contributed by atoms with Crippen LogP contribution in [0.25, 0.3) is 10.9 Å². The van der Waals surface area contributed by atoms with Crippen molar-refractivity contribution in [2.75, 3.05) is 0 Å². The molecule has 0 aliphatic heterocycles. The van der Waals surface area contributed by atoms with E-state index in [1.807, 2.05) is 37.3 Å². The highest BCUT2D eigenvalue weighted by atomic mass is 19.1. The first-order valence-electron chi connectivity index (χ1n) is 6.45. The van der Waals surface area contributed by atoms with Gasteiger partial charge in [-0.2, -0.15) is 0 Å². The van der Waals surface area contributed by atoms with E-state index < -0.39 is 0 Å². The van der Waals surface area contributed by atoms with Crippen LogP contribution in [-0.4, -0.2) is 4.98 Å². The van der Waals surface area contributed by atoms with Crippen LogP contribution in [0.2, 0.25) is 0 Å². The second-order valence-corrected chi connectivity index (χ2v) is 4.69. The summed E-state index contributed by atoms with van der Waals surface area (Å²) < 4.78 is 18.8. The standard InChI is InChI=1S/C17H14FNO/c1-12-10-15(18)7-8-16(12)20-11-14-5-2-4-13-6-3-9-19-17(13)14/h2-10H,11H2,1H3. The van der Waals surface area contributed by atoms with Gasteiger partial charge in [-0.05, 0) is 36.8 Å². The van der Waals surface area contributed by atoms with Gasteiger partial charge in [0.1, 0.15) is 18.2 Å². The molecule has 1 heterocycles. The van der Waals surface area contributed by atoms with Gasteiger partial charge in [0.2, 0.25) is 0 Å². The van der Waals surface area contributed by atoms with Crippen LogP contribution in [0.5, 0.6) is 5.75 Å². The topological polar surface area (TPSA) is 22.1 Å². The van der Waals surface area contributed by atoms with E-state index in [9.17, 15) is 4.39 Å². The van der Waals surface area contributed by atoms with Crippen molar-refractivity contribution in [3.63, 3.8) is 0 Å². The van der Waals surface area contributed by atoms with Gasteiger partial charge in [-0.25, -0.2) is 4.39 Å². The molecular formula is C17H14FNO. The lowest BCUT2D eigenvalue weighted by molar-refractivity contribution is 0.305. The molecule has 3 aromatic rings. The first-order valence-corrected chi connectivity index (χ1v) is 6.45. The maximum Gasteiger partial charge on any atom is 0.123 e. The van der Waals surface area contributed by atoms with Gasteiger partial charge in [0.15, 0.2) is 0 Å². The zero-order valence-electron chi connectivity index (χ0n) is 11.1. The zero-order valence-corrected chi connectivity index (χ0v) is 11.1. The zero-order chi connectivity index (χ0) is 13.9. The number of aromatic nitrogens is 1. The van der Waals surface area contributed by atoms with Crippen molar-refractivity contribution in [1.29, 1.82) is 0 Å². The van der Waals surface area contributed by atoms with Gasteiger partial charge in [0, 0.05) is 17.1 Å². The van der Waals surface area contributed by atoms with Gasteiger partial charge >= 0.3 is 0 Å². The molecule has 20 heavy (non-hydrogen) atoms. The van der Waals surface area contributed by atoms with Crippen LogP contribution >= 0.6 is 0 Å². The minimum atomic E-state index is -0.248. The molecule has 3 rings (SSSR count). The number of halogens is 1. The third-order valence-electron chi connectivity index (χ3n) is 3.24. The number of hydrogen-bond acceptors (Lipinski definition) is 2. The Bertz CT molecular complexity index is 750. The molecule has 0 amide bonds. The molecule has 0 fully saturated rings. The number of fused-ring (bicyclic) bond motifs is 1. The molecule has 1 aromatic heterocycles. The maximum absolute atomic E-state index is 13.1. The molecule has 0 spiro atoms. The lowest BCUT2D eigenvalue weighted by Crippen LogP contribution is -1.99. The molecule has 100 valence electrons. The fourth-order valence-corrected chi connectivity index (χ4v) is 2.21. The number of ether oxygens (including phenoxy) is 1. The van der Waals surface area contributed by atoms with Gasteiger partial charge in [0.05, 0.1) is 5.52 Å². The number of benzene rings is 2. The summed E-state index contributed by atoms with van der Waals surface area (Å²) in [5.74, 6) is 0.445. The Kier molecular flexibility index (Phi) is 3.33. The predicted molar refractivity (Wildman–Crippen MR) is 77.2 cm³/mol. The summed E-state index contributed by atoms with van der Waals surface area (Å²) in [7, 11) is 0. The van der Waals surface area contributed by atoms with E-state index in [0.717, 1.165) is 22.0 Å². The Hall–Kier alpha value is -2.42. The lowest BCUT2D eigenvalue weighted by atomic mass is 10.1. The van der Waals surface area contributed by atoms with Gasteiger partial charge in [0.25, 0.3) is 0 Å². The van der Waals surface area contributed by atoms with E-state index in [1.54, 1.807) is 12.3 Å². The Morgan fingerprint density at radius 1 is 1.10 bits per heavy atom. The quantitative estimate of drug-likeness (QED) is 0.707. The highest BCUT2D eigenvalue weighted by Gasteiger charge is 2.05. The van der Waals surface area contributed by atoms with E-state index in [-0.39, 0.29) is 5.82 Å². The van der Waals surface area contributed by atoms with Crippen molar-refractivity contribution < 1.29 is 9.13 Å². The van der Waals surface area contributed by atoms with E-state index >= 15 is 0 Å². The summed E-state index contributed by atoms with van der Waals surface area (Å²) in [4.78, 5) is 4.39. The van der Waals surface area contributed by atoms with Crippen molar-refractivity contribution in [2.45, 2.75) is 13.5 Å². The van der Waals surface area contributed by atoms with Crippen molar-refractivity contribution in [1.82, 2.24) is 4.98 Å². The summed E-state index contributed by atoms with van der Waals surface area (Å²) in [6, 6.07) is 14.5. The summed E-state index contributed by atoms with van der Waals surface area (Å²) in [5, 5.41) is 1.09. The minimum absolute atomic E-state index is 0.248. The van der Waals surface area contributed by atoms with Gasteiger partial charge in [-0.3, -0.25) is 4.98 Å². The average Bonchev–Trinajstić information content (AvgIpc) is 2.46. The number of nitrogens with zero attached hydrogens (tertiary/aromatic N) is 1. The van der Waals surface area contributed by atoms with Gasteiger partial charge in [-0.15, -0.1) is 0 Å². The molecular weight excluding hydrogens is 253 g/mol. The first-order chi connectivity index (χ1) is 9.74. The second-order valence-electron chi connectivity index (χ2n) is 4.69. The third-order valence-corrected chi connectivity index (χ3v) is 3.24. The molecule has 3 heteroatoms. The van der Waals surface area contributed by atoms with E-state index in [4.69, 9.17) is 4.74 Å². The Morgan fingerprint density at radius 2 is 1.95 bits per heavy atom. The second kappa shape index (κ2) is 5.29. The van der Waals surface area contributed by atoms with Crippen molar-refractivity contribution >= 4 is 10.9 Å². The Morgan fingerprint density at radius 3 is 2.80 bits per heavy atom. The summed E-state index contributed by atoms with van der Waals surface area (Å²) in [6.45, 7) is 2.25. The van der Waals surface area contributed by atoms with E-state index in [2.05, 4.69) is 4.98 Å². The number of pyridine rings is 1. The third kappa shape index (κ3) is 2.48. The highest BCUT2D eigenvalue weighted by Crippen LogP contribution is 2.22. The van der Waals surface area contributed by atoms with Crippen LogP contribution in [-0.2, 0) is 6.61 Å². The van der Waals surface area contributed by atoms with Gasteiger partial charge in [-0.1, -0.05) is 24.3 Å². The normalized spacial score (nSPS) is 10.7. The summed E-state index contributed by atoms with van der Waals surface area (Å²) in [6.07, 6.45) is 1.77. The molecule has 2 aromatic carbocycles. The van der Waals surface area contributed by atoms with E-state index in [0.29, 0.717) is 12.4 Å². The SMILES string of the molecule is Cc1cc(F)ccc1OCc1cccc2cccnc12. The minimum Gasteiger partial charge on any atom is -0.489 e.